The van der Waals surface area contributed by atoms with Gasteiger partial charge in [-0.2, -0.15) is 0 Å². The second-order valence-corrected chi connectivity index (χ2v) is 4.89. The molecule has 2 N–H and O–H groups in total. The zero-order valence-corrected chi connectivity index (χ0v) is 10.3. The molecule has 0 unspecified atom stereocenters. The van der Waals surface area contributed by atoms with Crippen LogP contribution in [0.3, 0.4) is 0 Å². The largest absolute Gasteiger partial charge is 0.342 e. The SMILES string of the molecule is CC(C)n1ccnc1N1CCC(CN)CC1. The fourth-order valence-corrected chi connectivity index (χ4v) is 2.32. The van der Waals surface area contributed by atoms with Crippen molar-refractivity contribution in [1.29, 1.82) is 0 Å². The van der Waals surface area contributed by atoms with Crippen LogP contribution in [0.1, 0.15) is 32.7 Å². The van der Waals surface area contributed by atoms with Crippen LogP contribution in [0.4, 0.5) is 5.95 Å². The van der Waals surface area contributed by atoms with Gasteiger partial charge in [-0.05, 0) is 39.2 Å². The van der Waals surface area contributed by atoms with Gasteiger partial charge in [0.15, 0.2) is 0 Å². The molecule has 0 aromatic carbocycles. The summed E-state index contributed by atoms with van der Waals surface area (Å²) in [5.41, 5.74) is 5.71. The number of piperidine rings is 1. The van der Waals surface area contributed by atoms with Crippen molar-refractivity contribution in [2.45, 2.75) is 32.7 Å². The van der Waals surface area contributed by atoms with Crippen LogP contribution in [0.5, 0.6) is 0 Å². The molecular weight excluding hydrogens is 200 g/mol. The van der Waals surface area contributed by atoms with Crippen LogP contribution in [0.15, 0.2) is 12.4 Å². The molecule has 0 radical (unpaired) electrons. The highest BCUT2D eigenvalue weighted by Crippen LogP contribution is 2.23. The van der Waals surface area contributed by atoms with E-state index in [2.05, 4.69) is 34.5 Å². The van der Waals surface area contributed by atoms with Crippen molar-refractivity contribution in [3.05, 3.63) is 12.4 Å². The molecule has 4 heteroatoms. The molecule has 16 heavy (non-hydrogen) atoms. The molecule has 0 saturated carbocycles. The lowest BCUT2D eigenvalue weighted by molar-refractivity contribution is 0.406. The lowest BCUT2D eigenvalue weighted by atomic mass is 9.97. The Hall–Kier alpha value is -1.03. The Bertz CT molecular complexity index is 324. The molecule has 0 atom stereocenters. The standard InChI is InChI=1S/C12H22N4/c1-10(2)16-8-5-14-12(16)15-6-3-11(9-13)4-7-15/h5,8,10-11H,3-4,6-7,9,13H2,1-2H3. The van der Waals surface area contributed by atoms with Crippen LogP contribution >= 0.6 is 0 Å². The van der Waals surface area contributed by atoms with Gasteiger partial charge in [-0.3, -0.25) is 0 Å². The van der Waals surface area contributed by atoms with Crippen molar-refractivity contribution >= 4 is 5.95 Å². The van der Waals surface area contributed by atoms with Crippen LogP contribution < -0.4 is 10.6 Å². The molecule has 4 nitrogen and oxygen atoms in total. The normalized spacial score (nSPS) is 18.4. The van der Waals surface area contributed by atoms with E-state index in [1.807, 2.05) is 6.20 Å². The fraction of sp³-hybridized carbons (Fsp3) is 0.750. The lowest BCUT2D eigenvalue weighted by Gasteiger charge is -2.33. The lowest BCUT2D eigenvalue weighted by Crippen LogP contribution is -2.37. The number of nitrogens with zero attached hydrogens (tertiary/aromatic N) is 3. The van der Waals surface area contributed by atoms with Gasteiger partial charge < -0.3 is 15.2 Å². The molecule has 1 aromatic rings. The Balaban J connectivity index is 2.05. The van der Waals surface area contributed by atoms with Crippen molar-refractivity contribution in [2.24, 2.45) is 11.7 Å². The maximum atomic E-state index is 5.71. The highest BCUT2D eigenvalue weighted by atomic mass is 15.3. The van der Waals surface area contributed by atoms with Gasteiger partial charge in [0, 0.05) is 31.5 Å². The van der Waals surface area contributed by atoms with Crippen molar-refractivity contribution in [3.63, 3.8) is 0 Å². The number of anilines is 1. The van der Waals surface area contributed by atoms with E-state index in [0.717, 1.165) is 25.6 Å². The van der Waals surface area contributed by atoms with Gasteiger partial charge in [0.05, 0.1) is 0 Å². The molecular formula is C12H22N4. The van der Waals surface area contributed by atoms with E-state index in [9.17, 15) is 0 Å². The second kappa shape index (κ2) is 4.87. The minimum absolute atomic E-state index is 0.477. The van der Waals surface area contributed by atoms with Crippen LogP contribution in [-0.2, 0) is 0 Å². The highest BCUT2D eigenvalue weighted by Gasteiger charge is 2.21. The monoisotopic (exact) mass is 222 g/mol. The fourth-order valence-electron chi connectivity index (χ4n) is 2.32. The van der Waals surface area contributed by atoms with Gasteiger partial charge in [0.2, 0.25) is 5.95 Å². The number of nitrogens with two attached hydrogens (primary N) is 1. The summed E-state index contributed by atoms with van der Waals surface area (Å²) in [6.07, 6.45) is 6.35. The Kier molecular flexibility index (Phi) is 3.49. The Morgan fingerprint density at radius 1 is 1.44 bits per heavy atom. The summed E-state index contributed by atoms with van der Waals surface area (Å²) in [6.45, 7) is 7.39. The molecule has 0 spiro atoms. The molecule has 1 fully saturated rings. The second-order valence-electron chi connectivity index (χ2n) is 4.89. The summed E-state index contributed by atoms with van der Waals surface area (Å²) in [4.78, 5) is 6.85. The summed E-state index contributed by atoms with van der Waals surface area (Å²) in [5.74, 6) is 1.82. The zero-order valence-electron chi connectivity index (χ0n) is 10.3. The molecule has 0 amide bonds. The summed E-state index contributed by atoms with van der Waals surface area (Å²) >= 11 is 0. The molecule has 90 valence electrons. The Morgan fingerprint density at radius 2 is 2.12 bits per heavy atom. The van der Waals surface area contributed by atoms with E-state index in [-0.39, 0.29) is 0 Å². The molecule has 0 bridgehead atoms. The third-order valence-electron chi connectivity index (χ3n) is 3.44. The first kappa shape index (κ1) is 11.5. The first-order chi connectivity index (χ1) is 7.72. The van der Waals surface area contributed by atoms with Gasteiger partial charge in [0.1, 0.15) is 0 Å². The number of hydrogen-bond acceptors (Lipinski definition) is 3. The average Bonchev–Trinajstić information content (AvgIpc) is 2.78. The predicted molar refractivity (Wildman–Crippen MR) is 66.6 cm³/mol. The summed E-state index contributed by atoms with van der Waals surface area (Å²) < 4.78 is 2.24. The molecule has 1 aliphatic heterocycles. The van der Waals surface area contributed by atoms with Gasteiger partial charge in [-0.25, -0.2) is 4.98 Å². The summed E-state index contributed by atoms with van der Waals surface area (Å²) in [6, 6.07) is 0.477. The van der Waals surface area contributed by atoms with E-state index in [1.165, 1.54) is 12.8 Å². The van der Waals surface area contributed by atoms with Crippen molar-refractivity contribution in [1.82, 2.24) is 9.55 Å². The van der Waals surface area contributed by atoms with Crippen LogP contribution in [-0.4, -0.2) is 29.2 Å². The topological polar surface area (TPSA) is 47.1 Å². The van der Waals surface area contributed by atoms with Crippen molar-refractivity contribution in [3.8, 4) is 0 Å². The van der Waals surface area contributed by atoms with Crippen molar-refractivity contribution in [2.75, 3.05) is 24.5 Å². The van der Waals surface area contributed by atoms with Crippen molar-refractivity contribution < 1.29 is 0 Å². The number of imidazole rings is 1. The first-order valence-electron chi connectivity index (χ1n) is 6.20. The molecule has 0 aliphatic carbocycles. The quantitative estimate of drug-likeness (QED) is 0.845. The van der Waals surface area contributed by atoms with Crippen LogP contribution in [0.2, 0.25) is 0 Å². The maximum absolute atomic E-state index is 5.71. The van der Waals surface area contributed by atoms with Gasteiger partial charge in [-0.1, -0.05) is 0 Å². The third kappa shape index (κ3) is 2.21. The molecule has 1 aliphatic rings. The van der Waals surface area contributed by atoms with E-state index >= 15 is 0 Å². The minimum Gasteiger partial charge on any atom is -0.342 e. The third-order valence-corrected chi connectivity index (χ3v) is 3.44. The summed E-state index contributed by atoms with van der Waals surface area (Å²) in [5, 5.41) is 0. The molecule has 2 rings (SSSR count). The number of aromatic nitrogens is 2. The Labute approximate surface area is 97.4 Å². The van der Waals surface area contributed by atoms with E-state index in [0.29, 0.717) is 12.0 Å². The van der Waals surface area contributed by atoms with E-state index in [1.54, 1.807) is 0 Å². The average molecular weight is 222 g/mol. The molecule has 1 aromatic heterocycles. The van der Waals surface area contributed by atoms with Gasteiger partial charge in [0.25, 0.3) is 0 Å². The zero-order chi connectivity index (χ0) is 11.5. The minimum atomic E-state index is 0.477. The van der Waals surface area contributed by atoms with Crippen LogP contribution in [0.25, 0.3) is 0 Å². The first-order valence-corrected chi connectivity index (χ1v) is 6.20. The highest BCUT2D eigenvalue weighted by molar-refractivity contribution is 5.32. The van der Waals surface area contributed by atoms with Gasteiger partial charge >= 0.3 is 0 Å². The molecule has 1 saturated heterocycles. The smallest absolute Gasteiger partial charge is 0.205 e. The molecule has 2 heterocycles. The predicted octanol–water partition coefficient (Wildman–Crippen LogP) is 1.64. The Morgan fingerprint density at radius 3 is 2.69 bits per heavy atom. The summed E-state index contributed by atoms with van der Waals surface area (Å²) in [7, 11) is 0. The maximum Gasteiger partial charge on any atom is 0.205 e. The van der Waals surface area contributed by atoms with E-state index < -0.39 is 0 Å². The van der Waals surface area contributed by atoms with Crippen LogP contribution in [0, 0.1) is 5.92 Å². The number of rotatable bonds is 3. The van der Waals surface area contributed by atoms with Gasteiger partial charge in [-0.15, -0.1) is 0 Å². The van der Waals surface area contributed by atoms with E-state index in [4.69, 9.17) is 5.73 Å². The number of hydrogen-bond donors (Lipinski definition) is 1.